The molecule has 2 aromatic carbocycles. The molecule has 116 valence electrons. The van der Waals surface area contributed by atoms with Crippen LogP contribution in [0.4, 0.5) is 0 Å². The summed E-state index contributed by atoms with van der Waals surface area (Å²) < 4.78 is 0. The zero-order valence-corrected chi connectivity index (χ0v) is 13.9. The SMILES string of the molecule is Clc1ccc(CNC2CCN(Cc3ccccc3)C2)cc1Cl. The van der Waals surface area contributed by atoms with Gasteiger partial charge < -0.3 is 5.32 Å². The average molecular weight is 335 g/mol. The molecule has 1 N–H and O–H groups in total. The second-order valence-corrected chi connectivity index (χ2v) is 6.65. The molecule has 0 radical (unpaired) electrons. The molecular weight excluding hydrogens is 315 g/mol. The van der Waals surface area contributed by atoms with Crippen LogP contribution in [-0.4, -0.2) is 24.0 Å². The van der Waals surface area contributed by atoms with E-state index in [0.717, 1.165) is 26.2 Å². The molecule has 3 rings (SSSR count). The van der Waals surface area contributed by atoms with Gasteiger partial charge in [-0.2, -0.15) is 0 Å². The number of likely N-dealkylation sites (tertiary alicyclic amines) is 1. The number of hydrogen-bond donors (Lipinski definition) is 1. The Kier molecular flexibility index (Phi) is 5.37. The Bertz CT molecular complexity index is 616. The van der Waals surface area contributed by atoms with Crippen LogP contribution >= 0.6 is 23.2 Å². The van der Waals surface area contributed by atoms with Gasteiger partial charge >= 0.3 is 0 Å². The third kappa shape index (κ3) is 4.23. The monoisotopic (exact) mass is 334 g/mol. The molecule has 0 amide bonds. The lowest BCUT2D eigenvalue weighted by molar-refractivity contribution is 0.320. The van der Waals surface area contributed by atoms with E-state index in [4.69, 9.17) is 23.2 Å². The van der Waals surface area contributed by atoms with Crippen molar-refractivity contribution in [3.8, 4) is 0 Å². The van der Waals surface area contributed by atoms with Crippen molar-refractivity contribution in [3.63, 3.8) is 0 Å². The van der Waals surface area contributed by atoms with Crippen LogP contribution in [0.15, 0.2) is 48.5 Å². The van der Waals surface area contributed by atoms with Gasteiger partial charge in [0, 0.05) is 32.2 Å². The Balaban J connectivity index is 1.47. The zero-order valence-electron chi connectivity index (χ0n) is 12.4. The van der Waals surface area contributed by atoms with Gasteiger partial charge in [-0.3, -0.25) is 4.90 Å². The topological polar surface area (TPSA) is 15.3 Å². The highest BCUT2D eigenvalue weighted by atomic mass is 35.5. The first-order valence-corrected chi connectivity index (χ1v) is 8.40. The van der Waals surface area contributed by atoms with Gasteiger partial charge in [-0.05, 0) is 29.7 Å². The first kappa shape index (κ1) is 15.8. The lowest BCUT2D eigenvalue weighted by Gasteiger charge is -2.17. The largest absolute Gasteiger partial charge is 0.309 e. The Hall–Kier alpha value is -1.06. The lowest BCUT2D eigenvalue weighted by atomic mass is 10.2. The van der Waals surface area contributed by atoms with Gasteiger partial charge in [-0.15, -0.1) is 0 Å². The molecule has 2 aromatic rings. The van der Waals surface area contributed by atoms with Gasteiger partial charge in [0.25, 0.3) is 0 Å². The van der Waals surface area contributed by atoms with Crippen LogP contribution in [0.5, 0.6) is 0 Å². The summed E-state index contributed by atoms with van der Waals surface area (Å²) in [7, 11) is 0. The summed E-state index contributed by atoms with van der Waals surface area (Å²) >= 11 is 12.0. The summed E-state index contributed by atoms with van der Waals surface area (Å²) in [5.74, 6) is 0. The normalized spacial score (nSPS) is 18.7. The first-order chi connectivity index (χ1) is 10.7. The first-order valence-electron chi connectivity index (χ1n) is 7.64. The van der Waals surface area contributed by atoms with Crippen molar-refractivity contribution >= 4 is 23.2 Å². The summed E-state index contributed by atoms with van der Waals surface area (Å²) in [5, 5.41) is 4.85. The van der Waals surface area contributed by atoms with E-state index in [0.29, 0.717) is 16.1 Å². The van der Waals surface area contributed by atoms with E-state index < -0.39 is 0 Å². The average Bonchev–Trinajstić information content (AvgIpc) is 2.97. The quantitative estimate of drug-likeness (QED) is 0.873. The van der Waals surface area contributed by atoms with Gasteiger partial charge in [-0.25, -0.2) is 0 Å². The lowest BCUT2D eigenvalue weighted by Crippen LogP contribution is -2.31. The Morgan fingerprint density at radius 2 is 1.82 bits per heavy atom. The van der Waals surface area contributed by atoms with Crippen LogP contribution in [0.3, 0.4) is 0 Å². The van der Waals surface area contributed by atoms with Crippen molar-refractivity contribution < 1.29 is 0 Å². The van der Waals surface area contributed by atoms with E-state index in [1.165, 1.54) is 17.5 Å². The molecule has 0 bridgehead atoms. The van der Waals surface area contributed by atoms with Crippen LogP contribution in [0.1, 0.15) is 17.5 Å². The maximum Gasteiger partial charge on any atom is 0.0595 e. The molecule has 1 heterocycles. The molecule has 1 aliphatic rings. The predicted molar refractivity (Wildman–Crippen MR) is 93.4 cm³/mol. The second kappa shape index (κ2) is 7.47. The van der Waals surface area contributed by atoms with Crippen LogP contribution in [0.2, 0.25) is 10.0 Å². The molecule has 1 unspecified atom stereocenters. The summed E-state index contributed by atoms with van der Waals surface area (Å²) in [6, 6.07) is 17.0. The predicted octanol–water partition coefficient (Wildman–Crippen LogP) is 4.36. The van der Waals surface area contributed by atoms with Crippen LogP contribution in [0.25, 0.3) is 0 Å². The fraction of sp³-hybridized carbons (Fsp3) is 0.333. The molecule has 0 spiro atoms. The molecule has 0 aromatic heterocycles. The number of rotatable bonds is 5. The Labute approximate surface area is 142 Å². The molecule has 22 heavy (non-hydrogen) atoms. The highest BCUT2D eigenvalue weighted by Gasteiger charge is 2.21. The van der Waals surface area contributed by atoms with E-state index in [2.05, 4.69) is 40.5 Å². The molecule has 1 saturated heterocycles. The highest BCUT2D eigenvalue weighted by Crippen LogP contribution is 2.22. The maximum absolute atomic E-state index is 6.05. The van der Waals surface area contributed by atoms with Crippen molar-refractivity contribution in [2.75, 3.05) is 13.1 Å². The van der Waals surface area contributed by atoms with Gasteiger partial charge in [0.05, 0.1) is 10.0 Å². The number of nitrogens with zero attached hydrogens (tertiary/aromatic N) is 1. The molecular formula is C18H20Cl2N2. The number of halogens is 2. The van der Waals surface area contributed by atoms with Crippen LogP contribution < -0.4 is 5.32 Å². The van der Waals surface area contributed by atoms with Crippen molar-refractivity contribution in [1.29, 1.82) is 0 Å². The van der Waals surface area contributed by atoms with Crippen molar-refractivity contribution in [3.05, 3.63) is 69.7 Å². The van der Waals surface area contributed by atoms with Crippen LogP contribution in [-0.2, 0) is 13.1 Å². The van der Waals surface area contributed by atoms with Crippen molar-refractivity contribution in [2.45, 2.75) is 25.6 Å². The van der Waals surface area contributed by atoms with E-state index in [1.54, 1.807) is 0 Å². The fourth-order valence-corrected chi connectivity index (χ4v) is 3.22. The van der Waals surface area contributed by atoms with Gasteiger partial charge in [0.1, 0.15) is 0 Å². The van der Waals surface area contributed by atoms with E-state index in [9.17, 15) is 0 Å². The Morgan fingerprint density at radius 3 is 2.59 bits per heavy atom. The van der Waals surface area contributed by atoms with Gasteiger partial charge in [0.2, 0.25) is 0 Å². The molecule has 0 aliphatic carbocycles. The van der Waals surface area contributed by atoms with Crippen LogP contribution in [0, 0.1) is 0 Å². The molecule has 1 aliphatic heterocycles. The molecule has 4 heteroatoms. The minimum atomic E-state index is 0.540. The van der Waals surface area contributed by atoms with E-state index >= 15 is 0 Å². The third-order valence-electron chi connectivity index (χ3n) is 4.10. The van der Waals surface area contributed by atoms with Gasteiger partial charge in [0.15, 0.2) is 0 Å². The zero-order chi connectivity index (χ0) is 15.4. The standard InChI is InChI=1S/C18H20Cl2N2/c19-17-7-6-15(10-18(17)20)11-21-16-8-9-22(13-16)12-14-4-2-1-3-5-14/h1-7,10,16,21H,8-9,11-13H2. The minimum absolute atomic E-state index is 0.540. The van der Waals surface area contributed by atoms with E-state index in [-0.39, 0.29) is 0 Å². The third-order valence-corrected chi connectivity index (χ3v) is 4.84. The number of nitrogens with one attached hydrogen (secondary N) is 1. The number of hydrogen-bond acceptors (Lipinski definition) is 2. The minimum Gasteiger partial charge on any atom is -0.309 e. The summed E-state index contributed by atoms with van der Waals surface area (Å²) in [6.07, 6.45) is 1.19. The van der Waals surface area contributed by atoms with Crippen molar-refractivity contribution in [1.82, 2.24) is 10.2 Å². The highest BCUT2D eigenvalue weighted by molar-refractivity contribution is 6.42. The molecule has 0 saturated carbocycles. The molecule has 1 fully saturated rings. The maximum atomic E-state index is 6.05. The molecule has 1 atom stereocenters. The smallest absolute Gasteiger partial charge is 0.0595 e. The summed E-state index contributed by atoms with van der Waals surface area (Å²) in [4.78, 5) is 2.50. The summed E-state index contributed by atoms with van der Waals surface area (Å²) in [5.41, 5.74) is 2.56. The van der Waals surface area contributed by atoms with Gasteiger partial charge in [-0.1, -0.05) is 59.6 Å². The number of benzene rings is 2. The molecule has 2 nitrogen and oxygen atoms in total. The fourth-order valence-electron chi connectivity index (χ4n) is 2.90. The van der Waals surface area contributed by atoms with Crippen molar-refractivity contribution in [2.24, 2.45) is 0 Å². The Morgan fingerprint density at radius 1 is 1.00 bits per heavy atom. The summed E-state index contributed by atoms with van der Waals surface area (Å²) in [6.45, 7) is 4.11. The van der Waals surface area contributed by atoms with E-state index in [1.807, 2.05) is 18.2 Å². The second-order valence-electron chi connectivity index (χ2n) is 5.84.